The Labute approximate surface area is 87.9 Å². The summed E-state index contributed by atoms with van der Waals surface area (Å²) in [6.07, 6.45) is 14.1. The van der Waals surface area contributed by atoms with Gasteiger partial charge in [-0.05, 0) is 25.0 Å². The summed E-state index contributed by atoms with van der Waals surface area (Å²) in [5.41, 5.74) is 0. The van der Waals surface area contributed by atoms with Crippen molar-refractivity contribution in [1.29, 1.82) is 0 Å². The highest BCUT2D eigenvalue weighted by Gasteiger charge is 2.13. The number of hydrogen-bond acceptors (Lipinski definition) is 1. The Bertz CT molecular complexity index is 122. The minimum absolute atomic E-state index is 0.952. The van der Waals surface area contributed by atoms with Gasteiger partial charge in [-0.3, -0.25) is 0 Å². The Morgan fingerprint density at radius 3 is 2.23 bits per heavy atom. The van der Waals surface area contributed by atoms with Crippen LogP contribution < -0.4 is 0 Å². The van der Waals surface area contributed by atoms with Crippen LogP contribution in [-0.2, 0) is 0 Å². The lowest BCUT2D eigenvalue weighted by molar-refractivity contribution is 0.421. The van der Waals surface area contributed by atoms with E-state index in [4.69, 9.17) is 0 Å². The quantitative estimate of drug-likeness (QED) is 0.601. The molecule has 0 nitrogen and oxygen atoms in total. The lowest BCUT2D eigenvalue weighted by atomic mass is 9.93. The molecular weight excluding hydrogens is 176 g/mol. The molecule has 78 valence electrons. The second-order valence-corrected chi connectivity index (χ2v) is 5.68. The maximum absolute atomic E-state index is 2.44. The predicted molar refractivity (Wildman–Crippen MR) is 63.4 cm³/mol. The van der Waals surface area contributed by atoms with Crippen LogP contribution in [0.3, 0.4) is 0 Å². The molecule has 0 N–H and O–H groups in total. The van der Waals surface area contributed by atoms with Gasteiger partial charge in [0.2, 0.25) is 0 Å². The topological polar surface area (TPSA) is 0 Å². The fourth-order valence-electron chi connectivity index (χ4n) is 2.29. The molecule has 0 amide bonds. The van der Waals surface area contributed by atoms with Crippen molar-refractivity contribution in [2.45, 2.75) is 63.5 Å². The smallest absolute Gasteiger partial charge is 0.00468 e. The summed E-state index contributed by atoms with van der Waals surface area (Å²) >= 11 is 2.09. The molecule has 0 spiro atoms. The highest BCUT2D eigenvalue weighted by molar-refractivity contribution is 7.99. The van der Waals surface area contributed by atoms with Crippen molar-refractivity contribution in [2.24, 2.45) is 5.92 Å². The van der Waals surface area contributed by atoms with Gasteiger partial charge in [0.15, 0.2) is 0 Å². The SMILES string of the molecule is CSC1CCCCCCCC(C)C1. The van der Waals surface area contributed by atoms with Gasteiger partial charge in [-0.2, -0.15) is 11.8 Å². The standard InChI is InChI=1S/C12H24S/c1-11-8-6-4-3-5-7-9-12(10-11)13-2/h11-12H,3-10H2,1-2H3. The van der Waals surface area contributed by atoms with Gasteiger partial charge in [-0.1, -0.05) is 45.4 Å². The zero-order chi connectivity index (χ0) is 9.52. The highest BCUT2D eigenvalue weighted by atomic mass is 32.2. The molecule has 0 saturated heterocycles. The molecule has 0 aromatic heterocycles. The van der Waals surface area contributed by atoms with E-state index < -0.39 is 0 Å². The summed E-state index contributed by atoms with van der Waals surface area (Å²) in [5, 5.41) is 0.952. The lowest BCUT2D eigenvalue weighted by Crippen LogP contribution is -2.09. The molecule has 0 aromatic rings. The second-order valence-electron chi connectivity index (χ2n) is 4.54. The molecule has 0 aromatic carbocycles. The maximum Gasteiger partial charge on any atom is 0.00468 e. The third-order valence-electron chi connectivity index (χ3n) is 3.22. The van der Waals surface area contributed by atoms with E-state index in [2.05, 4.69) is 24.9 Å². The molecule has 13 heavy (non-hydrogen) atoms. The minimum atomic E-state index is 0.952. The van der Waals surface area contributed by atoms with Gasteiger partial charge >= 0.3 is 0 Å². The first-order valence-electron chi connectivity index (χ1n) is 5.85. The molecular formula is C12H24S. The Kier molecular flexibility index (Phi) is 5.93. The third kappa shape index (κ3) is 4.95. The number of rotatable bonds is 1. The number of hydrogen-bond donors (Lipinski definition) is 0. The first kappa shape index (κ1) is 11.4. The van der Waals surface area contributed by atoms with Gasteiger partial charge in [0.1, 0.15) is 0 Å². The van der Waals surface area contributed by atoms with Gasteiger partial charge in [-0.25, -0.2) is 0 Å². The van der Waals surface area contributed by atoms with Crippen LogP contribution in [0.4, 0.5) is 0 Å². The highest BCUT2D eigenvalue weighted by Crippen LogP contribution is 2.27. The summed E-state index contributed by atoms with van der Waals surface area (Å²) in [6, 6.07) is 0. The summed E-state index contributed by atoms with van der Waals surface area (Å²) < 4.78 is 0. The first-order valence-corrected chi connectivity index (χ1v) is 7.14. The van der Waals surface area contributed by atoms with E-state index in [-0.39, 0.29) is 0 Å². The fourth-order valence-corrected chi connectivity index (χ4v) is 3.22. The van der Waals surface area contributed by atoms with Crippen molar-refractivity contribution in [2.75, 3.05) is 6.26 Å². The predicted octanol–water partition coefficient (Wildman–Crippen LogP) is 4.49. The van der Waals surface area contributed by atoms with E-state index >= 15 is 0 Å². The molecule has 0 bridgehead atoms. The zero-order valence-corrected chi connectivity index (χ0v) is 10.0. The maximum atomic E-state index is 2.44. The summed E-state index contributed by atoms with van der Waals surface area (Å²) in [6.45, 7) is 2.44. The van der Waals surface area contributed by atoms with Gasteiger partial charge in [0.05, 0.1) is 0 Å². The molecule has 0 heterocycles. The van der Waals surface area contributed by atoms with Crippen molar-refractivity contribution in [3.8, 4) is 0 Å². The van der Waals surface area contributed by atoms with Crippen LogP contribution in [0, 0.1) is 5.92 Å². The van der Waals surface area contributed by atoms with Crippen LogP contribution >= 0.6 is 11.8 Å². The second kappa shape index (κ2) is 6.75. The van der Waals surface area contributed by atoms with Gasteiger partial charge in [0, 0.05) is 5.25 Å². The van der Waals surface area contributed by atoms with Crippen LogP contribution in [0.25, 0.3) is 0 Å². The van der Waals surface area contributed by atoms with Gasteiger partial charge in [-0.15, -0.1) is 0 Å². The summed E-state index contributed by atoms with van der Waals surface area (Å²) in [5.74, 6) is 0.968. The van der Waals surface area contributed by atoms with Crippen LogP contribution in [0.2, 0.25) is 0 Å². The molecule has 1 aliphatic rings. The largest absolute Gasteiger partial charge is 0.162 e. The van der Waals surface area contributed by atoms with Crippen LogP contribution in [0.15, 0.2) is 0 Å². The third-order valence-corrected chi connectivity index (χ3v) is 4.32. The van der Waals surface area contributed by atoms with Gasteiger partial charge in [0.25, 0.3) is 0 Å². The molecule has 1 fully saturated rings. The van der Waals surface area contributed by atoms with Crippen LogP contribution in [0.5, 0.6) is 0 Å². The molecule has 0 aliphatic heterocycles. The van der Waals surface area contributed by atoms with Crippen LogP contribution in [0.1, 0.15) is 58.3 Å². The van der Waals surface area contributed by atoms with Crippen LogP contribution in [-0.4, -0.2) is 11.5 Å². The van der Waals surface area contributed by atoms with E-state index in [0.29, 0.717) is 0 Å². The van der Waals surface area contributed by atoms with Gasteiger partial charge < -0.3 is 0 Å². The van der Waals surface area contributed by atoms with E-state index in [9.17, 15) is 0 Å². The summed E-state index contributed by atoms with van der Waals surface area (Å²) in [7, 11) is 0. The van der Waals surface area contributed by atoms with Crippen molar-refractivity contribution in [3.63, 3.8) is 0 Å². The summed E-state index contributed by atoms with van der Waals surface area (Å²) in [4.78, 5) is 0. The molecule has 1 aliphatic carbocycles. The zero-order valence-electron chi connectivity index (χ0n) is 9.22. The average Bonchev–Trinajstić information content (AvgIpc) is 2.15. The Morgan fingerprint density at radius 2 is 1.54 bits per heavy atom. The van der Waals surface area contributed by atoms with Crippen molar-refractivity contribution in [3.05, 3.63) is 0 Å². The molecule has 1 rings (SSSR count). The molecule has 2 atom stereocenters. The van der Waals surface area contributed by atoms with E-state index in [1.54, 1.807) is 0 Å². The fraction of sp³-hybridized carbons (Fsp3) is 1.00. The van der Waals surface area contributed by atoms with E-state index in [1.165, 1.54) is 51.4 Å². The Morgan fingerprint density at radius 1 is 0.923 bits per heavy atom. The monoisotopic (exact) mass is 200 g/mol. The van der Waals surface area contributed by atoms with E-state index in [1.807, 2.05) is 0 Å². The van der Waals surface area contributed by atoms with Crippen molar-refractivity contribution in [1.82, 2.24) is 0 Å². The van der Waals surface area contributed by atoms with Crippen molar-refractivity contribution >= 4 is 11.8 Å². The minimum Gasteiger partial charge on any atom is -0.162 e. The first-order chi connectivity index (χ1) is 6.33. The molecule has 2 unspecified atom stereocenters. The number of thioether (sulfide) groups is 1. The molecule has 1 saturated carbocycles. The Balaban J connectivity index is 2.30. The van der Waals surface area contributed by atoms with E-state index in [0.717, 1.165) is 11.2 Å². The normalized spacial score (nSPS) is 32.8. The Hall–Kier alpha value is 0.350. The average molecular weight is 200 g/mol. The van der Waals surface area contributed by atoms with Crippen molar-refractivity contribution < 1.29 is 0 Å². The lowest BCUT2D eigenvalue weighted by Gasteiger charge is -2.20. The molecule has 1 heteroatoms. The molecule has 0 radical (unpaired) electrons.